The number of aliphatic carboxylic acids is 1. The Hall–Kier alpha value is -1.91. The molecule has 5 nitrogen and oxygen atoms in total. The molecule has 0 radical (unpaired) electrons. The number of aromatic nitrogens is 3. The molecule has 0 aliphatic heterocycles. The maximum atomic E-state index is 10.8. The number of carboxylic acids is 1. The van der Waals surface area contributed by atoms with Gasteiger partial charge in [0.25, 0.3) is 0 Å². The van der Waals surface area contributed by atoms with Crippen molar-refractivity contribution in [3.05, 3.63) is 30.0 Å². The molecule has 1 atom stereocenters. The molecule has 2 rings (SSSR count). The van der Waals surface area contributed by atoms with Crippen molar-refractivity contribution in [3.63, 3.8) is 0 Å². The predicted octanol–water partition coefficient (Wildman–Crippen LogP) is 1.30. The molecule has 2 aromatic heterocycles. The lowest BCUT2D eigenvalue weighted by atomic mass is 10.1. The molecule has 0 saturated carbocycles. The Kier molecular flexibility index (Phi) is 2.60. The van der Waals surface area contributed by atoms with Crippen molar-refractivity contribution in [1.82, 2.24) is 14.4 Å². The Morgan fingerprint density at radius 3 is 3.06 bits per heavy atom. The van der Waals surface area contributed by atoms with Crippen LogP contribution >= 0.6 is 0 Å². The molecule has 0 bridgehead atoms. The fourth-order valence-corrected chi connectivity index (χ4v) is 1.70. The number of carboxylic acid groups (broad SMARTS) is 1. The third-order valence-electron chi connectivity index (χ3n) is 2.65. The fraction of sp³-hybridized carbons (Fsp3) is 0.364. The minimum absolute atomic E-state index is 0.410. The molecule has 5 heteroatoms. The summed E-state index contributed by atoms with van der Waals surface area (Å²) in [5, 5.41) is 8.90. The van der Waals surface area contributed by atoms with Gasteiger partial charge in [0.1, 0.15) is 0 Å². The highest BCUT2D eigenvalue weighted by molar-refractivity contribution is 5.70. The average Bonchev–Trinajstić information content (AvgIpc) is 2.55. The molecule has 0 saturated heterocycles. The van der Waals surface area contributed by atoms with Crippen LogP contribution in [0, 0.1) is 12.8 Å². The number of nitrogens with zero attached hydrogens (tertiary/aromatic N) is 3. The maximum absolute atomic E-state index is 10.8. The molecule has 16 heavy (non-hydrogen) atoms. The summed E-state index contributed by atoms with van der Waals surface area (Å²) >= 11 is 0. The molecule has 2 heterocycles. The molecule has 2 aromatic rings. The largest absolute Gasteiger partial charge is 0.481 e. The summed E-state index contributed by atoms with van der Waals surface area (Å²) in [6.45, 7) is 3.58. The molecule has 0 amide bonds. The van der Waals surface area contributed by atoms with Crippen molar-refractivity contribution < 1.29 is 9.90 Å². The summed E-state index contributed by atoms with van der Waals surface area (Å²) in [5.74, 6) is -1.20. The SMILES string of the molecule is Cc1nc2cnccn2c1CC(C)C(=O)O. The molecular formula is C11H13N3O2. The van der Waals surface area contributed by atoms with E-state index >= 15 is 0 Å². The summed E-state index contributed by atoms with van der Waals surface area (Å²) in [6.07, 6.45) is 5.62. The van der Waals surface area contributed by atoms with Gasteiger partial charge in [-0.05, 0) is 6.92 Å². The second-order valence-corrected chi connectivity index (χ2v) is 3.89. The van der Waals surface area contributed by atoms with E-state index in [-0.39, 0.29) is 0 Å². The van der Waals surface area contributed by atoms with Crippen LogP contribution in [0.5, 0.6) is 0 Å². The molecule has 1 unspecified atom stereocenters. The van der Waals surface area contributed by atoms with Crippen LogP contribution in [-0.4, -0.2) is 25.4 Å². The summed E-state index contributed by atoms with van der Waals surface area (Å²) in [5.41, 5.74) is 2.56. The minimum Gasteiger partial charge on any atom is -0.481 e. The third kappa shape index (κ3) is 1.76. The van der Waals surface area contributed by atoms with E-state index in [2.05, 4.69) is 9.97 Å². The first-order valence-electron chi connectivity index (χ1n) is 5.10. The van der Waals surface area contributed by atoms with E-state index in [1.54, 1.807) is 25.5 Å². The van der Waals surface area contributed by atoms with Crippen LogP contribution in [0.25, 0.3) is 5.65 Å². The van der Waals surface area contributed by atoms with Crippen LogP contribution in [0.15, 0.2) is 18.6 Å². The van der Waals surface area contributed by atoms with Crippen molar-refractivity contribution in [2.24, 2.45) is 5.92 Å². The van der Waals surface area contributed by atoms with E-state index in [4.69, 9.17) is 5.11 Å². The summed E-state index contributed by atoms with van der Waals surface area (Å²) in [4.78, 5) is 19.1. The summed E-state index contributed by atoms with van der Waals surface area (Å²) < 4.78 is 1.89. The van der Waals surface area contributed by atoms with Gasteiger partial charge in [0, 0.05) is 24.5 Å². The van der Waals surface area contributed by atoms with Gasteiger partial charge in [-0.2, -0.15) is 0 Å². The Labute approximate surface area is 92.8 Å². The number of aryl methyl sites for hydroxylation is 1. The van der Waals surface area contributed by atoms with Crippen LogP contribution in [0.3, 0.4) is 0 Å². The lowest BCUT2D eigenvalue weighted by molar-refractivity contribution is -0.141. The highest BCUT2D eigenvalue weighted by Crippen LogP contribution is 2.15. The quantitative estimate of drug-likeness (QED) is 0.844. The van der Waals surface area contributed by atoms with Gasteiger partial charge in [0.15, 0.2) is 5.65 Å². The first-order valence-corrected chi connectivity index (χ1v) is 5.10. The second-order valence-electron chi connectivity index (χ2n) is 3.89. The van der Waals surface area contributed by atoms with Gasteiger partial charge in [-0.15, -0.1) is 0 Å². The Balaban J connectivity index is 2.43. The number of hydrogen-bond acceptors (Lipinski definition) is 3. The summed E-state index contributed by atoms with van der Waals surface area (Å²) in [7, 11) is 0. The molecule has 1 N–H and O–H groups in total. The zero-order valence-corrected chi connectivity index (χ0v) is 9.21. The van der Waals surface area contributed by atoms with Crippen LogP contribution in [0.1, 0.15) is 18.3 Å². The van der Waals surface area contributed by atoms with E-state index in [1.165, 1.54) is 0 Å². The third-order valence-corrected chi connectivity index (χ3v) is 2.65. The molecule has 84 valence electrons. The second kappa shape index (κ2) is 3.92. The Morgan fingerprint density at radius 1 is 1.62 bits per heavy atom. The fourth-order valence-electron chi connectivity index (χ4n) is 1.70. The van der Waals surface area contributed by atoms with E-state index in [1.807, 2.05) is 11.3 Å². The van der Waals surface area contributed by atoms with Crippen molar-refractivity contribution in [2.75, 3.05) is 0 Å². The van der Waals surface area contributed by atoms with Crippen molar-refractivity contribution in [2.45, 2.75) is 20.3 Å². The predicted molar refractivity (Wildman–Crippen MR) is 58.2 cm³/mol. The van der Waals surface area contributed by atoms with Gasteiger partial charge >= 0.3 is 5.97 Å². The molecule has 0 aromatic carbocycles. The van der Waals surface area contributed by atoms with E-state index in [9.17, 15) is 4.79 Å². The Bertz CT molecular complexity index is 533. The Morgan fingerprint density at radius 2 is 2.38 bits per heavy atom. The van der Waals surface area contributed by atoms with E-state index in [0.717, 1.165) is 17.0 Å². The zero-order chi connectivity index (χ0) is 11.7. The number of hydrogen-bond donors (Lipinski definition) is 1. The van der Waals surface area contributed by atoms with E-state index in [0.29, 0.717) is 6.42 Å². The smallest absolute Gasteiger partial charge is 0.306 e. The van der Waals surface area contributed by atoms with Gasteiger partial charge in [-0.1, -0.05) is 6.92 Å². The van der Waals surface area contributed by atoms with Crippen LogP contribution < -0.4 is 0 Å². The van der Waals surface area contributed by atoms with Gasteiger partial charge < -0.3 is 9.51 Å². The minimum atomic E-state index is -0.789. The lowest BCUT2D eigenvalue weighted by Crippen LogP contribution is -2.14. The van der Waals surface area contributed by atoms with Gasteiger partial charge in [0.2, 0.25) is 0 Å². The highest BCUT2D eigenvalue weighted by atomic mass is 16.4. The van der Waals surface area contributed by atoms with Crippen LogP contribution in [0.4, 0.5) is 0 Å². The topological polar surface area (TPSA) is 67.5 Å². The number of carbonyl (C=O) groups is 1. The van der Waals surface area contributed by atoms with Gasteiger partial charge in [-0.3, -0.25) is 9.78 Å². The first kappa shape index (κ1) is 10.6. The average molecular weight is 219 g/mol. The first-order chi connectivity index (χ1) is 7.59. The summed E-state index contributed by atoms with van der Waals surface area (Å²) in [6, 6.07) is 0. The molecule has 0 aliphatic rings. The van der Waals surface area contributed by atoms with E-state index < -0.39 is 11.9 Å². The number of rotatable bonds is 3. The monoisotopic (exact) mass is 219 g/mol. The van der Waals surface area contributed by atoms with Gasteiger partial charge in [-0.25, -0.2) is 4.98 Å². The molecule has 0 spiro atoms. The van der Waals surface area contributed by atoms with Crippen LogP contribution in [0.2, 0.25) is 0 Å². The normalized spacial score (nSPS) is 12.9. The van der Waals surface area contributed by atoms with Crippen LogP contribution in [-0.2, 0) is 11.2 Å². The number of fused-ring (bicyclic) bond motifs is 1. The molecule has 0 aliphatic carbocycles. The zero-order valence-electron chi connectivity index (χ0n) is 9.21. The standard InChI is InChI=1S/C11H13N3O2/c1-7(11(15)16)5-9-8(2)13-10-6-12-3-4-14(9)10/h3-4,6-7H,5H2,1-2H3,(H,15,16). The molecule has 0 fully saturated rings. The van der Waals surface area contributed by atoms with Crippen molar-refractivity contribution in [1.29, 1.82) is 0 Å². The lowest BCUT2D eigenvalue weighted by Gasteiger charge is -2.06. The number of imidazole rings is 1. The van der Waals surface area contributed by atoms with Crippen molar-refractivity contribution >= 4 is 11.6 Å². The highest BCUT2D eigenvalue weighted by Gasteiger charge is 2.16. The van der Waals surface area contributed by atoms with Crippen molar-refractivity contribution in [3.8, 4) is 0 Å². The van der Waals surface area contributed by atoms with Gasteiger partial charge in [0.05, 0.1) is 17.8 Å². The molecular weight excluding hydrogens is 206 g/mol. The maximum Gasteiger partial charge on any atom is 0.306 e.